The molecule has 0 saturated carbocycles. The number of alkyl halides is 3. The Morgan fingerprint density at radius 2 is 2.00 bits per heavy atom. The van der Waals surface area contributed by atoms with E-state index in [1.54, 1.807) is 17.8 Å². The summed E-state index contributed by atoms with van der Waals surface area (Å²) in [6.45, 7) is 2.22. The molecule has 0 fully saturated rings. The van der Waals surface area contributed by atoms with Crippen LogP contribution in [0.25, 0.3) is 0 Å². The second kappa shape index (κ2) is 5.44. The number of benzene rings is 1. The Morgan fingerprint density at radius 1 is 1.30 bits per heavy atom. The number of aromatic nitrogens is 2. The molecular weight excluding hydrogens is 271 g/mol. The lowest BCUT2D eigenvalue weighted by atomic mass is 10.2. The van der Waals surface area contributed by atoms with Gasteiger partial charge in [0.05, 0.1) is 11.4 Å². The van der Waals surface area contributed by atoms with Gasteiger partial charge in [-0.2, -0.15) is 5.10 Å². The molecule has 2 aromatic rings. The Morgan fingerprint density at radius 3 is 2.60 bits per heavy atom. The molecule has 0 aliphatic carbocycles. The van der Waals surface area contributed by atoms with E-state index < -0.39 is 6.36 Å². The molecule has 4 nitrogen and oxygen atoms in total. The summed E-state index contributed by atoms with van der Waals surface area (Å²) in [7, 11) is 1.79. The first-order valence-corrected chi connectivity index (χ1v) is 5.93. The van der Waals surface area contributed by atoms with Crippen molar-refractivity contribution >= 4 is 5.69 Å². The Hall–Kier alpha value is -2.18. The number of nitrogens with one attached hydrogen (secondary N) is 1. The highest BCUT2D eigenvalue weighted by Crippen LogP contribution is 2.30. The minimum Gasteiger partial charge on any atom is -0.404 e. The van der Waals surface area contributed by atoms with Crippen LogP contribution < -0.4 is 10.1 Å². The van der Waals surface area contributed by atoms with E-state index >= 15 is 0 Å². The molecule has 108 valence electrons. The lowest BCUT2D eigenvalue weighted by Crippen LogP contribution is -2.18. The number of ether oxygens (including phenoxy) is 1. The number of aryl methyl sites for hydroxylation is 2. The molecule has 20 heavy (non-hydrogen) atoms. The normalized spacial score (nSPS) is 11.4. The van der Waals surface area contributed by atoms with E-state index in [1.807, 2.05) is 13.1 Å². The first-order valence-electron chi connectivity index (χ1n) is 5.93. The van der Waals surface area contributed by atoms with Crippen LogP contribution >= 0.6 is 0 Å². The first kappa shape index (κ1) is 14.2. The average Bonchev–Trinajstić information content (AvgIpc) is 2.65. The van der Waals surface area contributed by atoms with Crippen LogP contribution in [0.15, 0.2) is 30.5 Å². The van der Waals surface area contributed by atoms with Gasteiger partial charge in [-0.1, -0.05) is 12.1 Å². The summed E-state index contributed by atoms with van der Waals surface area (Å²) in [5.74, 6) is -0.249. The van der Waals surface area contributed by atoms with Gasteiger partial charge in [0, 0.05) is 25.4 Å². The van der Waals surface area contributed by atoms with Gasteiger partial charge in [-0.3, -0.25) is 4.68 Å². The van der Waals surface area contributed by atoms with E-state index in [4.69, 9.17) is 0 Å². The molecule has 0 atom stereocenters. The van der Waals surface area contributed by atoms with Crippen LogP contribution in [0.4, 0.5) is 18.9 Å². The first-order chi connectivity index (χ1) is 9.35. The number of hydrogen-bond acceptors (Lipinski definition) is 3. The molecule has 0 aliphatic heterocycles. The molecule has 1 heterocycles. The summed E-state index contributed by atoms with van der Waals surface area (Å²) < 4.78 is 42.5. The number of nitrogens with zero attached hydrogens (tertiary/aromatic N) is 2. The zero-order valence-corrected chi connectivity index (χ0v) is 11.0. The third-order valence-electron chi connectivity index (χ3n) is 2.70. The van der Waals surface area contributed by atoms with Crippen molar-refractivity contribution in [2.24, 2.45) is 7.05 Å². The van der Waals surface area contributed by atoms with Gasteiger partial charge in [0.1, 0.15) is 0 Å². The molecule has 0 spiro atoms. The fraction of sp³-hybridized carbons (Fsp3) is 0.308. The SMILES string of the molecule is Cc1nn(C)cc1CNc1ccccc1OC(F)(F)F. The molecule has 1 aromatic heterocycles. The Balaban J connectivity index is 2.11. The quantitative estimate of drug-likeness (QED) is 0.937. The average molecular weight is 285 g/mol. The van der Waals surface area contributed by atoms with E-state index in [0.717, 1.165) is 11.3 Å². The van der Waals surface area contributed by atoms with Gasteiger partial charge in [0.15, 0.2) is 5.75 Å². The fourth-order valence-corrected chi connectivity index (χ4v) is 1.84. The maximum absolute atomic E-state index is 12.3. The van der Waals surface area contributed by atoms with Crippen molar-refractivity contribution < 1.29 is 17.9 Å². The fourth-order valence-electron chi connectivity index (χ4n) is 1.84. The highest BCUT2D eigenvalue weighted by atomic mass is 19.4. The Labute approximate surface area is 114 Å². The van der Waals surface area contributed by atoms with Crippen molar-refractivity contribution in [2.75, 3.05) is 5.32 Å². The van der Waals surface area contributed by atoms with Crippen molar-refractivity contribution in [2.45, 2.75) is 19.8 Å². The minimum absolute atomic E-state index is 0.249. The molecule has 1 aromatic carbocycles. The van der Waals surface area contributed by atoms with E-state index in [9.17, 15) is 13.2 Å². The molecule has 7 heteroatoms. The van der Waals surface area contributed by atoms with Crippen molar-refractivity contribution in [3.05, 3.63) is 41.7 Å². The van der Waals surface area contributed by atoms with Crippen LogP contribution in [0, 0.1) is 6.92 Å². The summed E-state index contributed by atoms with van der Waals surface area (Å²) in [5.41, 5.74) is 2.02. The number of anilines is 1. The molecule has 0 saturated heterocycles. The highest BCUT2D eigenvalue weighted by Gasteiger charge is 2.32. The molecule has 0 unspecified atom stereocenters. The summed E-state index contributed by atoms with van der Waals surface area (Å²) in [4.78, 5) is 0. The zero-order chi connectivity index (χ0) is 14.8. The Bertz CT molecular complexity index is 593. The largest absolute Gasteiger partial charge is 0.573 e. The lowest BCUT2D eigenvalue weighted by Gasteiger charge is -2.14. The van der Waals surface area contributed by atoms with Gasteiger partial charge in [-0.15, -0.1) is 13.2 Å². The number of rotatable bonds is 4. The minimum atomic E-state index is -4.71. The molecule has 0 bridgehead atoms. The number of halogens is 3. The topological polar surface area (TPSA) is 39.1 Å². The van der Waals surface area contributed by atoms with Gasteiger partial charge in [-0.25, -0.2) is 0 Å². The predicted octanol–water partition coefficient (Wildman–Crippen LogP) is 3.24. The van der Waals surface area contributed by atoms with Crippen LogP contribution in [0.3, 0.4) is 0 Å². The summed E-state index contributed by atoms with van der Waals surface area (Å²) >= 11 is 0. The molecule has 0 radical (unpaired) electrons. The summed E-state index contributed by atoms with van der Waals surface area (Å²) in [6.07, 6.45) is -2.89. The highest BCUT2D eigenvalue weighted by molar-refractivity contribution is 5.56. The number of para-hydroxylation sites is 2. The van der Waals surface area contributed by atoms with E-state index in [0.29, 0.717) is 6.54 Å². The summed E-state index contributed by atoms with van der Waals surface area (Å²) in [5, 5.41) is 7.10. The molecule has 1 N–H and O–H groups in total. The van der Waals surface area contributed by atoms with Crippen LogP contribution in [-0.2, 0) is 13.6 Å². The summed E-state index contributed by atoms with van der Waals surface area (Å²) in [6, 6.07) is 5.93. The van der Waals surface area contributed by atoms with E-state index in [2.05, 4.69) is 15.2 Å². The zero-order valence-electron chi connectivity index (χ0n) is 11.0. The van der Waals surface area contributed by atoms with Gasteiger partial charge in [-0.05, 0) is 19.1 Å². The van der Waals surface area contributed by atoms with Gasteiger partial charge in [0.2, 0.25) is 0 Å². The van der Waals surface area contributed by atoms with Crippen molar-refractivity contribution in [3.8, 4) is 5.75 Å². The van der Waals surface area contributed by atoms with Crippen LogP contribution in [-0.4, -0.2) is 16.1 Å². The van der Waals surface area contributed by atoms with Gasteiger partial charge < -0.3 is 10.1 Å². The van der Waals surface area contributed by atoms with E-state index in [1.165, 1.54) is 18.2 Å². The van der Waals surface area contributed by atoms with Crippen molar-refractivity contribution in [3.63, 3.8) is 0 Å². The monoisotopic (exact) mass is 285 g/mol. The van der Waals surface area contributed by atoms with Crippen LogP contribution in [0.2, 0.25) is 0 Å². The second-order valence-corrected chi connectivity index (χ2v) is 4.31. The van der Waals surface area contributed by atoms with Crippen molar-refractivity contribution in [1.82, 2.24) is 9.78 Å². The molecular formula is C13H14F3N3O. The standard InChI is InChI=1S/C13H14F3N3O/c1-9-10(8-19(2)18-9)7-17-11-5-3-4-6-12(11)20-13(14,15)16/h3-6,8,17H,7H2,1-2H3. The molecule has 0 amide bonds. The van der Waals surface area contributed by atoms with Crippen LogP contribution in [0.5, 0.6) is 5.75 Å². The third kappa shape index (κ3) is 3.66. The van der Waals surface area contributed by atoms with Crippen LogP contribution in [0.1, 0.15) is 11.3 Å². The molecule has 2 rings (SSSR count). The van der Waals surface area contributed by atoms with Gasteiger partial charge in [0.25, 0.3) is 0 Å². The maximum atomic E-state index is 12.3. The van der Waals surface area contributed by atoms with Crippen molar-refractivity contribution in [1.29, 1.82) is 0 Å². The second-order valence-electron chi connectivity index (χ2n) is 4.31. The molecule has 0 aliphatic rings. The number of hydrogen-bond donors (Lipinski definition) is 1. The Kier molecular flexibility index (Phi) is 3.87. The third-order valence-corrected chi connectivity index (χ3v) is 2.70. The van der Waals surface area contributed by atoms with E-state index in [-0.39, 0.29) is 11.4 Å². The maximum Gasteiger partial charge on any atom is 0.573 e. The predicted molar refractivity (Wildman–Crippen MR) is 68.4 cm³/mol. The lowest BCUT2D eigenvalue weighted by molar-refractivity contribution is -0.274. The smallest absolute Gasteiger partial charge is 0.404 e. The van der Waals surface area contributed by atoms with Gasteiger partial charge >= 0.3 is 6.36 Å².